The van der Waals surface area contributed by atoms with E-state index < -0.39 is 10.2 Å². The van der Waals surface area contributed by atoms with Crippen molar-refractivity contribution in [2.75, 3.05) is 18.0 Å². The molecule has 48 heavy (non-hydrogen) atoms. The van der Waals surface area contributed by atoms with Crippen LogP contribution < -0.4 is 23.5 Å². The van der Waals surface area contributed by atoms with E-state index >= 15 is 0 Å². The van der Waals surface area contributed by atoms with Crippen LogP contribution in [0.2, 0.25) is 0 Å². The number of hydrogen-bond acceptors (Lipinski definition) is 5. The average molecular weight is 669 g/mol. The second-order valence-corrected chi connectivity index (χ2v) is 14.8. The van der Waals surface area contributed by atoms with E-state index in [1.165, 1.54) is 94.0 Å². The first-order valence-electron chi connectivity index (χ1n) is 17.3. The zero-order valence-corrected chi connectivity index (χ0v) is 30.0. The predicted molar refractivity (Wildman–Crippen MR) is 187 cm³/mol. The molecule has 7 heteroatoms. The predicted octanol–water partition coefficient (Wildman–Crippen LogP) is 6.23. The van der Waals surface area contributed by atoms with Crippen molar-refractivity contribution in [1.82, 2.24) is 0 Å². The molecule has 0 aliphatic carbocycles. The third-order valence-corrected chi connectivity index (χ3v) is 9.99. The van der Waals surface area contributed by atoms with Gasteiger partial charge in [0.15, 0.2) is 5.71 Å². The molecule has 2 aliphatic heterocycles. The minimum atomic E-state index is -4.94. The summed E-state index contributed by atoms with van der Waals surface area (Å²) < 4.78 is 36.6. The van der Waals surface area contributed by atoms with Gasteiger partial charge < -0.3 is 4.90 Å². The van der Waals surface area contributed by atoms with Gasteiger partial charge in [-0.25, -0.2) is 18.6 Å². The Kier molecular flexibility index (Phi) is 10.8. The zero-order chi connectivity index (χ0) is 34.7. The fourth-order valence-corrected chi connectivity index (χ4v) is 7.82. The van der Waals surface area contributed by atoms with E-state index in [1.807, 2.05) is 0 Å². The van der Waals surface area contributed by atoms with Gasteiger partial charge in [0.25, 0.3) is 0 Å². The highest BCUT2D eigenvalue weighted by Gasteiger charge is 2.45. The summed E-state index contributed by atoms with van der Waals surface area (Å²) in [5, 5.41) is 5.42. The van der Waals surface area contributed by atoms with E-state index in [-0.39, 0.29) is 10.8 Å². The number of fused-ring (bicyclic) bond motifs is 6. The van der Waals surface area contributed by atoms with Gasteiger partial charge in [-0.3, -0.25) is 0 Å². The molecule has 0 saturated carbocycles. The fourth-order valence-electron chi connectivity index (χ4n) is 7.82. The maximum Gasteiger partial charge on any atom is 0.210 e. The van der Waals surface area contributed by atoms with Crippen LogP contribution in [0.25, 0.3) is 21.5 Å². The molecule has 4 aromatic rings. The number of hydrogen-bond donors (Lipinski definition) is 0. The van der Waals surface area contributed by atoms with Gasteiger partial charge in [-0.2, -0.15) is 4.58 Å². The van der Waals surface area contributed by atoms with Crippen molar-refractivity contribution in [1.29, 1.82) is 0 Å². The summed E-state index contributed by atoms with van der Waals surface area (Å²) in [5.74, 6) is 0. The second-order valence-electron chi connectivity index (χ2n) is 14.0. The van der Waals surface area contributed by atoms with E-state index in [4.69, 9.17) is 18.6 Å². The summed E-state index contributed by atoms with van der Waals surface area (Å²) in [7, 11) is -4.94. The molecule has 4 aromatic carbocycles. The van der Waals surface area contributed by atoms with Gasteiger partial charge in [0.1, 0.15) is 6.54 Å². The molecule has 254 valence electrons. The molecule has 0 unspecified atom stereocenters. The van der Waals surface area contributed by atoms with Gasteiger partial charge in [0.2, 0.25) is 5.69 Å². The molecular formula is C41H49ClN2O4. The number of unbranched alkanes of at least 4 members (excludes halogenated alkanes) is 4. The Labute approximate surface area is 288 Å². The summed E-state index contributed by atoms with van der Waals surface area (Å²) in [6.45, 7) is 16.4. The fraction of sp³-hybridized carbons (Fsp3) is 0.390. The first-order chi connectivity index (χ1) is 22.8. The lowest BCUT2D eigenvalue weighted by atomic mass is 9.79. The van der Waals surface area contributed by atoms with Crippen LogP contribution in [0.15, 0.2) is 96.7 Å². The quantitative estimate of drug-likeness (QED) is 0.147. The van der Waals surface area contributed by atoms with Gasteiger partial charge in [0.05, 0.1) is 5.41 Å². The Hall–Kier alpha value is -3.52. The topological polar surface area (TPSA) is 98.5 Å². The van der Waals surface area contributed by atoms with Crippen LogP contribution in [0.5, 0.6) is 0 Å². The van der Waals surface area contributed by atoms with Crippen LogP contribution in [0.4, 0.5) is 11.4 Å². The molecular weight excluding hydrogens is 620 g/mol. The van der Waals surface area contributed by atoms with Crippen LogP contribution in [0.3, 0.4) is 0 Å². The van der Waals surface area contributed by atoms with Crippen molar-refractivity contribution < 1.29 is 33.5 Å². The van der Waals surface area contributed by atoms with Crippen molar-refractivity contribution in [3.05, 3.63) is 108 Å². The number of allylic oxidation sites excluding steroid dienone is 4. The maximum absolute atomic E-state index is 8.49. The molecule has 0 fully saturated rings. The standard InChI is InChI=1S/C41H49N2.ClHO4/c1-7-9-15-28-42-34-26-24-30-18-11-13-20-32(30)38(34)40(3,4)36(42)22-17-23-37-41(5,6)39-33-21-14-12-19-31(33)25-27-35(39)43(37)29-16-10-8-2;2-1(3,4)5/h11-14,17-27H,7-10,15-16,28-29H2,1-6H3;(H,2,3,4,5)/q+1;/p-1. The lowest BCUT2D eigenvalue weighted by molar-refractivity contribution is -2.00. The van der Waals surface area contributed by atoms with Crippen LogP contribution >= 0.6 is 0 Å². The highest BCUT2D eigenvalue weighted by Crippen LogP contribution is 2.51. The van der Waals surface area contributed by atoms with E-state index in [2.05, 4.69) is 142 Å². The number of halogens is 1. The smallest absolute Gasteiger partial charge is 0.210 e. The van der Waals surface area contributed by atoms with Crippen LogP contribution in [0, 0.1) is 10.2 Å². The maximum atomic E-state index is 8.49. The second kappa shape index (κ2) is 14.5. The first-order valence-corrected chi connectivity index (χ1v) is 18.5. The Morgan fingerprint density at radius 3 is 1.88 bits per heavy atom. The van der Waals surface area contributed by atoms with Crippen molar-refractivity contribution in [3.8, 4) is 0 Å². The van der Waals surface area contributed by atoms with Crippen LogP contribution in [-0.4, -0.2) is 23.4 Å². The van der Waals surface area contributed by atoms with Gasteiger partial charge in [-0.05, 0) is 72.0 Å². The Bertz CT molecular complexity index is 1860. The van der Waals surface area contributed by atoms with Crippen LogP contribution in [0.1, 0.15) is 91.2 Å². The lowest BCUT2D eigenvalue weighted by Gasteiger charge is -2.27. The number of anilines is 1. The molecule has 0 bridgehead atoms. The number of rotatable bonds is 10. The average Bonchev–Trinajstić information content (AvgIpc) is 3.39. The number of nitrogens with zero attached hydrogens (tertiary/aromatic N) is 2. The lowest BCUT2D eigenvalue weighted by Crippen LogP contribution is -2.68. The highest BCUT2D eigenvalue weighted by atomic mass is 35.7. The Balaban J connectivity index is 0.000000840. The SMILES string of the molecule is CCCCCN1/C(=C\C=C\C2=[N+](CCCCC)c3ccc4ccccc4c3C2(C)C)C(C)(C)c2c1ccc1ccccc21.[O-][Cl+3]([O-])([O-])[O-]. The summed E-state index contributed by atoms with van der Waals surface area (Å²) >= 11 is 0. The number of benzene rings is 4. The molecule has 0 spiro atoms. The van der Waals surface area contributed by atoms with E-state index in [0.29, 0.717) is 0 Å². The van der Waals surface area contributed by atoms with Crippen molar-refractivity contribution >= 4 is 38.6 Å². The van der Waals surface area contributed by atoms with Gasteiger partial charge in [-0.15, -0.1) is 10.2 Å². The third kappa shape index (κ3) is 7.24. The molecule has 0 aromatic heterocycles. The van der Waals surface area contributed by atoms with E-state index in [9.17, 15) is 0 Å². The molecule has 2 heterocycles. The summed E-state index contributed by atoms with van der Waals surface area (Å²) in [4.78, 5) is 2.62. The van der Waals surface area contributed by atoms with Gasteiger partial charge in [-0.1, -0.05) is 108 Å². The Morgan fingerprint density at radius 1 is 0.688 bits per heavy atom. The van der Waals surface area contributed by atoms with Crippen molar-refractivity contribution in [3.63, 3.8) is 0 Å². The summed E-state index contributed by atoms with van der Waals surface area (Å²) in [5.41, 5.74) is 8.35. The van der Waals surface area contributed by atoms with E-state index in [0.717, 1.165) is 13.1 Å². The minimum absolute atomic E-state index is 0.0808. The minimum Gasteiger partial charge on any atom is -0.344 e. The zero-order valence-electron chi connectivity index (χ0n) is 29.2. The highest BCUT2D eigenvalue weighted by molar-refractivity contribution is 6.07. The summed E-state index contributed by atoms with van der Waals surface area (Å²) in [6, 6.07) is 27.2. The Morgan fingerprint density at radius 2 is 1.25 bits per heavy atom. The van der Waals surface area contributed by atoms with Crippen molar-refractivity contribution in [2.24, 2.45) is 0 Å². The molecule has 0 N–H and O–H groups in total. The van der Waals surface area contributed by atoms with Crippen LogP contribution in [-0.2, 0) is 10.8 Å². The first kappa shape index (κ1) is 35.8. The third-order valence-electron chi connectivity index (χ3n) is 9.99. The monoisotopic (exact) mass is 668 g/mol. The van der Waals surface area contributed by atoms with Gasteiger partial charge >= 0.3 is 0 Å². The molecule has 0 amide bonds. The van der Waals surface area contributed by atoms with Crippen molar-refractivity contribution in [2.45, 2.75) is 90.9 Å². The van der Waals surface area contributed by atoms with Gasteiger partial charge in [0, 0.05) is 47.5 Å². The summed E-state index contributed by atoms with van der Waals surface area (Å²) in [6.07, 6.45) is 14.6. The molecule has 0 radical (unpaired) electrons. The molecule has 0 saturated heterocycles. The molecule has 6 nitrogen and oxygen atoms in total. The normalized spacial score (nSPS) is 17.4. The largest absolute Gasteiger partial charge is 0.344 e. The molecule has 2 aliphatic rings. The molecule has 0 atom stereocenters. The van der Waals surface area contributed by atoms with E-state index in [1.54, 1.807) is 0 Å². The molecule has 6 rings (SSSR count).